The van der Waals surface area contributed by atoms with Gasteiger partial charge in [-0.2, -0.15) is 4.68 Å². The minimum Gasteiger partial charge on any atom is -0.497 e. The molecule has 0 atom stereocenters. The van der Waals surface area contributed by atoms with Crippen molar-refractivity contribution in [2.75, 3.05) is 46.9 Å². The van der Waals surface area contributed by atoms with Gasteiger partial charge >= 0.3 is 6.03 Å². The Morgan fingerprint density at radius 3 is 2.21 bits per heavy atom. The topological polar surface area (TPSA) is 97.6 Å². The Morgan fingerprint density at radius 1 is 0.939 bits per heavy atom. The number of aromatic nitrogens is 4. The van der Waals surface area contributed by atoms with E-state index in [2.05, 4.69) is 25.7 Å². The summed E-state index contributed by atoms with van der Waals surface area (Å²) < 4.78 is 12.1. The fourth-order valence-electron chi connectivity index (χ4n) is 3.76. The molecule has 0 unspecified atom stereocenters. The van der Waals surface area contributed by atoms with Crippen molar-refractivity contribution in [1.29, 1.82) is 0 Å². The number of nitrogens with zero attached hydrogens (tertiary/aromatic N) is 6. The number of hydrogen-bond acceptors (Lipinski definition) is 7. The molecule has 4 rings (SSSR count). The predicted molar refractivity (Wildman–Crippen MR) is 123 cm³/mol. The van der Waals surface area contributed by atoms with E-state index >= 15 is 0 Å². The molecule has 0 spiro atoms. The summed E-state index contributed by atoms with van der Waals surface area (Å²) in [5.41, 5.74) is 2.04. The van der Waals surface area contributed by atoms with Crippen molar-refractivity contribution < 1.29 is 14.3 Å². The SMILES string of the molecule is COc1ccc(CCNC(=O)N2CCN(Cc3nnnn3-c3ccc(OC)cc3)CC2)cc1. The number of hydrogen-bond donors (Lipinski definition) is 1. The minimum absolute atomic E-state index is 0.0220. The molecule has 10 nitrogen and oxygen atoms in total. The van der Waals surface area contributed by atoms with E-state index in [1.54, 1.807) is 18.9 Å². The lowest BCUT2D eigenvalue weighted by atomic mass is 10.1. The molecule has 2 aromatic carbocycles. The predicted octanol–water partition coefficient (Wildman–Crippen LogP) is 1.75. The summed E-state index contributed by atoms with van der Waals surface area (Å²) in [5, 5.41) is 15.2. The van der Waals surface area contributed by atoms with E-state index in [0.29, 0.717) is 26.2 Å². The number of methoxy groups -OCH3 is 2. The Hall–Kier alpha value is -3.66. The quantitative estimate of drug-likeness (QED) is 0.557. The van der Waals surface area contributed by atoms with Crippen LogP contribution in [0.25, 0.3) is 5.69 Å². The van der Waals surface area contributed by atoms with Crippen LogP contribution in [0, 0.1) is 0 Å². The van der Waals surface area contributed by atoms with E-state index in [1.165, 1.54) is 0 Å². The van der Waals surface area contributed by atoms with Crippen LogP contribution in [-0.2, 0) is 13.0 Å². The standard InChI is InChI=1S/C23H29N7O3/c1-32-20-7-3-18(4-8-20)11-12-24-23(31)29-15-13-28(14-16-29)17-22-25-26-27-30(22)19-5-9-21(33-2)10-6-19/h3-10H,11-17H2,1-2H3,(H,24,31). The number of ether oxygens (including phenoxy) is 2. The average molecular weight is 452 g/mol. The summed E-state index contributed by atoms with van der Waals surface area (Å²) in [6, 6.07) is 15.5. The molecule has 1 saturated heterocycles. The number of carbonyl (C=O) groups is 1. The smallest absolute Gasteiger partial charge is 0.317 e. The number of urea groups is 1. The first-order valence-corrected chi connectivity index (χ1v) is 11.0. The molecule has 2 heterocycles. The fraction of sp³-hybridized carbons (Fsp3) is 0.391. The molecule has 0 saturated carbocycles. The van der Waals surface area contributed by atoms with Crippen molar-refractivity contribution in [2.45, 2.75) is 13.0 Å². The van der Waals surface area contributed by atoms with Crippen LogP contribution in [0.15, 0.2) is 48.5 Å². The maximum atomic E-state index is 12.5. The van der Waals surface area contributed by atoms with Gasteiger partial charge in [0.25, 0.3) is 0 Å². The van der Waals surface area contributed by atoms with E-state index in [1.807, 2.05) is 53.4 Å². The van der Waals surface area contributed by atoms with Gasteiger partial charge in [0.2, 0.25) is 0 Å². The summed E-state index contributed by atoms with van der Waals surface area (Å²) in [5.74, 6) is 2.38. The zero-order valence-corrected chi connectivity index (χ0v) is 19.0. The van der Waals surface area contributed by atoms with Crippen LogP contribution in [0.3, 0.4) is 0 Å². The van der Waals surface area contributed by atoms with Crippen LogP contribution < -0.4 is 14.8 Å². The molecule has 0 bridgehead atoms. The van der Waals surface area contributed by atoms with Crippen LogP contribution in [-0.4, -0.2) is 83.0 Å². The second kappa shape index (κ2) is 10.8. The molecule has 33 heavy (non-hydrogen) atoms. The van der Waals surface area contributed by atoms with Gasteiger partial charge < -0.3 is 19.7 Å². The average Bonchev–Trinajstić information content (AvgIpc) is 3.33. The summed E-state index contributed by atoms with van der Waals surface area (Å²) >= 11 is 0. The lowest BCUT2D eigenvalue weighted by molar-refractivity contribution is 0.133. The van der Waals surface area contributed by atoms with Gasteiger partial charge in [0.15, 0.2) is 5.82 Å². The molecule has 10 heteroatoms. The third kappa shape index (κ3) is 5.78. The Morgan fingerprint density at radius 2 is 1.58 bits per heavy atom. The first-order chi connectivity index (χ1) is 16.2. The molecule has 1 fully saturated rings. The van der Waals surface area contributed by atoms with Gasteiger partial charge in [0.1, 0.15) is 11.5 Å². The second-order valence-electron chi connectivity index (χ2n) is 7.80. The van der Waals surface area contributed by atoms with E-state index in [9.17, 15) is 4.79 Å². The third-order valence-electron chi connectivity index (χ3n) is 5.72. The van der Waals surface area contributed by atoms with E-state index < -0.39 is 0 Å². The minimum atomic E-state index is -0.0220. The number of nitrogens with one attached hydrogen (secondary N) is 1. The Labute approximate surface area is 193 Å². The molecule has 2 amide bonds. The molecule has 174 valence electrons. The van der Waals surface area contributed by atoms with Gasteiger partial charge in [-0.1, -0.05) is 12.1 Å². The summed E-state index contributed by atoms with van der Waals surface area (Å²) in [6.07, 6.45) is 0.781. The van der Waals surface area contributed by atoms with Gasteiger partial charge in [-0.25, -0.2) is 4.79 Å². The van der Waals surface area contributed by atoms with Crippen molar-refractivity contribution in [3.8, 4) is 17.2 Å². The van der Waals surface area contributed by atoms with Crippen LogP contribution in [0.4, 0.5) is 4.79 Å². The first-order valence-electron chi connectivity index (χ1n) is 11.0. The van der Waals surface area contributed by atoms with Gasteiger partial charge in [-0.05, 0) is 58.8 Å². The van der Waals surface area contributed by atoms with E-state index in [4.69, 9.17) is 9.47 Å². The second-order valence-corrected chi connectivity index (χ2v) is 7.80. The Kier molecular flexibility index (Phi) is 7.36. The highest BCUT2D eigenvalue weighted by Gasteiger charge is 2.22. The van der Waals surface area contributed by atoms with Gasteiger partial charge in [-0.15, -0.1) is 5.10 Å². The number of benzene rings is 2. The van der Waals surface area contributed by atoms with Crippen molar-refractivity contribution >= 4 is 6.03 Å². The van der Waals surface area contributed by atoms with E-state index in [0.717, 1.165) is 48.1 Å². The van der Waals surface area contributed by atoms with Crippen molar-refractivity contribution in [1.82, 2.24) is 35.3 Å². The van der Waals surface area contributed by atoms with Crippen molar-refractivity contribution in [3.63, 3.8) is 0 Å². The van der Waals surface area contributed by atoms with Crippen molar-refractivity contribution in [2.24, 2.45) is 0 Å². The Balaban J connectivity index is 1.23. The molecule has 1 aromatic heterocycles. The van der Waals surface area contributed by atoms with Crippen LogP contribution in [0.1, 0.15) is 11.4 Å². The molecular formula is C23H29N7O3. The molecule has 0 aliphatic carbocycles. The number of rotatable bonds is 8. The Bertz CT molecular complexity index is 1030. The monoisotopic (exact) mass is 451 g/mol. The normalized spacial score (nSPS) is 14.2. The van der Waals surface area contributed by atoms with Gasteiger partial charge in [0.05, 0.1) is 26.5 Å². The molecule has 0 radical (unpaired) electrons. The largest absolute Gasteiger partial charge is 0.497 e. The number of piperazine rings is 1. The van der Waals surface area contributed by atoms with Gasteiger partial charge in [-0.3, -0.25) is 4.90 Å². The van der Waals surface area contributed by atoms with Crippen LogP contribution >= 0.6 is 0 Å². The maximum absolute atomic E-state index is 12.5. The van der Waals surface area contributed by atoms with Gasteiger partial charge in [0, 0.05) is 32.7 Å². The summed E-state index contributed by atoms with van der Waals surface area (Å²) in [7, 11) is 3.29. The summed E-state index contributed by atoms with van der Waals surface area (Å²) in [4.78, 5) is 16.6. The number of amides is 2. The zero-order chi connectivity index (χ0) is 23.0. The van der Waals surface area contributed by atoms with Crippen LogP contribution in [0.2, 0.25) is 0 Å². The highest BCUT2D eigenvalue weighted by Crippen LogP contribution is 2.16. The number of carbonyl (C=O) groups excluding carboxylic acids is 1. The molecule has 1 aliphatic rings. The lowest BCUT2D eigenvalue weighted by Crippen LogP contribution is -2.51. The maximum Gasteiger partial charge on any atom is 0.317 e. The molecule has 1 aliphatic heterocycles. The number of tetrazole rings is 1. The fourth-order valence-corrected chi connectivity index (χ4v) is 3.76. The summed E-state index contributed by atoms with van der Waals surface area (Å²) in [6.45, 7) is 4.08. The molecule has 1 N–H and O–H groups in total. The zero-order valence-electron chi connectivity index (χ0n) is 19.0. The van der Waals surface area contributed by atoms with Crippen molar-refractivity contribution in [3.05, 3.63) is 59.9 Å². The lowest BCUT2D eigenvalue weighted by Gasteiger charge is -2.34. The molecule has 3 aromatic rings. The molecular weight excluding hydrogens is 422 g/mol. The highest BCUT2D eigenvalue weighted by molar-refractivity contribution is 5.74. The van der Waals surface area contributed by atoms with E-state index in [-0.39, 0.29) is 6.03 Å². The van der Waals surface area contributed by atoms with Crippen LogP contribution in [0.5, 0.6) is 11.5 Å². The third-order valence-corrected chi connectivity index (χ3v) is 5.72. The first kappa shape index (κ1) is 22.5. The highest BCUT2D eigenvalue weighted by atomic mass is 16.5.